The van der Waals surface area contributed by atoms with Crippen molar-refractivity contribution in [2.45, 2.75) is 6.18 Å². The van der Waals surface area contributed by atoms with Crippen molar-refractivity contribution in [1.29, 1.82) is 0 Å². The maximum absolute atomic E-state index is 13.7. The molecular weight excluding hydrogens is 460 g/mol. The molecule has 3 rings (SSSR count). The fourth-order valence-corrected chi connectivity index (χ4v) is 3.04. The lowest BCUT2D eigenvalue weighted by molar-refractivity contribution is -0.0925. The molecule has 0 aliphatic carbocycles. The van der Waals surface area contributed by atoms with Gasteiger partial charge in [0.2, 0.25) is 0 Å². The highest BCUT2D eigenvalue weighted by Gasteiger charge is 2.31. The van der Waals surface area contributed by atoms with Gasteiger partial charge in [-0.1, -0.05) is 35.9 Å². The summed E-state index contributed by atoms with van der Waals surface area (Å²) in [6.07, 6.45) is -4.01. The van der Waals surface area contributed by atoms with Gasteiger partial charge in [0.05, 0.1) is 23.5 Å². The first kappa shape index (κ1) is 24.1. The van der Waals surface area contributed by atoms with E-state index in [-0.39, 0.29) is 23.0 Å². The van der Waals surface area contributed by atoms with Crippen LogP contribution < -0.4 is 15.2 Å². The van der Waals surface area contributed by atoms with E-state index in [0.29, 0.717) is 28.7 Å². The molecule has 0 unspecified atom stereocenters. The zero-order valence-electron chi connectivity index (χ0n) is 17.4. The van der Waals surface area contributed by atoms with Crippen LogP contribution in [0, 0.1) is 5.82 Å². The maximum atomic E-state index is 13.7. The van der Waals surface area contributed by atoms with Crippen LogP contribution in [0.25, 0.3) is 11.1 Å². The van der Waals surface area contributed by atoms with Gasteiger partial charge in [0.15, 0.2) is 0 Å². The number of aliphatic imine (C=N–C) groups is 1. The first-order valence-corrected chi connectivity index (χ1v) is 9.98. The molecule has 0 aliphatic rings. The monoisotopic (exact) mass is 478 g/mol. The summed E-state index contributed by atoms with van der Waals surface area (Å²) in [5.41, 5.74) is 5.26. The Labute approximate surface area is 192 Å². The van der Waals surface area contributed by atoms with Gasteiger partial charge in [-0.25, -0.2) is 9.38 Å². The Morgan fingerprint density at radius 1 is 1.06 bits per heavy atom. The van der Waals surface area contributed by atoms with E-state index < -0.39 is 17.7 Å². The van der Waals surface area contributed by atoms with E-state index in [1.165, 1.54) is 25.3 Å². The number of rotatable bonds is 7. The number of allylic oxidation sites excluding steroid dienone is 1. The third-order valence-corrected chi connectivity index (χ3v) is 4.80. The van der Waals surface area contributed by atoms with E-state index in [4.69, 9.17) is 26.8 Å². The topological polar surface area (TPSA) is 56.8 Å². The van der Waals surface area contributed by atoms with Crippen molar-refractivity contribution in [1.82, 2.24) is 0 Å². The average molecular weight is 479 g/mol. The number of benzene rings is 3. The summed E-state index contributed by atoms with van der Waals surface area (Å²) in [7, 11) is 1.48. The Morgan fingerprint density at radius 2 is 1.76 bits per heavy atom. The van der Waals surface area contributed by atoms with Gasteiger partial charge < -0.3 is 15.2 Å². The molecule has 0 amide bonds. The molecule has 0 bridgehead atoms. The predicted molar refractivity (Wildman–Crippen MR) is 121 cm³/mol. The summed E-state index contributed by atoms with van der Waals surface area (Å²) in [5, 5.41) is 0.266. The molecule has 0 saturated carbocycles. The molecule has 0 aromatic heterocycles. The fraction of sp³-hybridized carbons (Fsp3) is 0.125. The van der Waals surface area contributed by atoms with E-state index >= 15 is 0 Å². The van der Waals surface area contributed by atoms with Crippen LogP contribution in [0.5, 0.6) is 11.5 Å². The predicted octanol–water partition coefficient (Wildman–Crippen LogP) is 6.71. The molecule has 2 N–H and O–H groups in total. The Morgan fingerprint density at radius 3 is 2.39 bits per heavy atom. The standard InChI is InChI=1S/C24H19ClF4N2O2/c1-32-22-11-8-16(26)12-19(22)15-6-9-18(10-7-15)33-14-17(13-23(30)24(27,28)29)31-21-5-3-2-4-20(21)25/h2-13H,14,30H2,1H3. The molecule has 33 heavy (non-hydrogen) atoms. The van der Waals surface area contributed by atoms with Gasteiger partial charge in [-0.2, -0.15) is 13.2 Å². The van der Waals surface area contributed by atoms with Crippen LogP contribution in [0.3, 0.4) is 0 Å². The Balaban J connectivity index is 1.84. The van der Waals surface area contributed by atoms with Crippen molar-refractivity contribution >= 4 is 23.0 Å². The SMILES string of the molecule is COc1ccc(F)cc1-c1ccc(OCC(C=C(N)C(F)(F)F)=Nc2ccccc2Cl)cc1. The van der Waals surface area contributed by atoms with E-state index in [0.717, 1.165) is 0 Å². The largest absolute Gasteiger partial charge is 0.496 e. The number of para-hydroxylation sites is 1. The smallest absolute Gasteiger partial charge is 0.430 e. The number of ether oxygens (including phenoxy) is 2. The number of hydrogen-bond acceptors (Lipinski definition) is 4. The molecule has 0 atom stereocenters. The van der Waals surface area contributed by atoms with Crippen LogP contribution in [0.15, 0.2) is 83.5 Å². The molecule has 3 aromatic carbocycles. The minimum atomic E-state index is -4.72. The third kappa shape index (κ3) is 6.49. The number of halogens is 5. The van der Waals surface area contributed by atoms with Crippen LogP contribution in [-0.4, -0.2) is 25.6 Å². The quantitative estimate of drug-likeness (QED) is 0.303. The van der Waals surface area contributed by atoms with Gasteiger partial charge in [0.1, 0.15) is 29.6 Å². The lowest BCUT2D eigenvalue weighted by Crippen LogP contribution is -2.22. The van der Waals surface area contributed by atoms with Gasteiger partial charge in [-0.15, -0.1) is 0 Å². The normalized spacial score (nSPS) is 12.5. The van der Waals surface area contributed by atoms with Crippen molar-refractivity contribution in [3.05, 3.63) is 89.3 Å². The Bertz CT molecular complexity index is 1180. The van der Waals surface area contributed by atoms with E-state index in [9.17, 15) is 17.6 Å². The fourth-order valence-electron chi connectivity index (χ4n) is 2.86. The average Bonchev–Trinajstić information content (AvgIpc) is 2.78. The van der Waals surface area contributed by atoms with Crippen LogP contribution >= 0.6 is 11.6 Å². The van der Waals surface area contributed by atoms with Crippen molar-refractivity contribution in [3.8, 4) is 22.6 Å². The van der Waals surface area contributed by atoms with Gasteiger partial charge in [-0.05, 0) is 54.1 Å². The highest BCUT2D eigenvalue weighted by molar-refractivity contribution is 6.33. The Hall–Kier alpha value is -3.52. The highest BCUT2D eigenvalue weighted by Crippen LogP contribution is 2.32. The zero-order chi connectivity index (χ0) is 24.0. The summed E-state index contributed by atoms with van der Waals surface area (Å²) in [6, 6.07) is 17.2. The molecule has 3 aromatic rings. The van der Waals surface area contributed by atoms with Crippen molar-refractivity contribution in [2.24, 2.45) is 10.7 Å². The van der Waals surface area contributed by atoms with Gasteiger partial charge >= 0.3 is 6.18 Å². The zero-order valence-corrected chi connectivity index (χ0v) is 18.1. The lowest BCUT2D eigenvalue weighted by Gasteiger charge is -2.12. The molecule has 4 nitrogen and oxygen atoms in total. The number of hydrogen-bond donors (Lipinski definition) is 1. The summed E-state index contributed by atoms with van der Waals surface area (Å²) in [4.78, 5) is 4.17. The molecule has 0 fully saturated rings. The van der Waals surface area contributed by atoms with Crippen LogP contribution in [0.2, 0.25) is 5.02 Å². The summed E-state index contributed by atoms with van der Waals surface area (Å²) < 4.78 is 63.3. The number of nitrogens with zero attached hydrogens (tertiary/aromatic N) is 1. The minimum Gasteiger partial charge on any atom is -0.496 e. The van der Waals surface area contributed by atoms with Gasteiger partial charge in [0.25, 0.3) is 0 Å². The highest BCUT2D eigenvalue weighted by atomic mass is 35.5. The molecular formula is C24H19ClF4N2O2. The van der Waals surface area contributed by atoms with Gasteiger partial charge in [0, 0.05) is 5.56 Å². The number of methoxy groups -OCH3 is 1. The van der Waals surface area contributed by atoms with Crippen molar-refractivity contribution < 1.29 is 27.0 Å². The number of nitrogens with two attached hydrogens (primary N) is 1. The molecule has 172 valence electrons. The summed E-state index contributed by atoms with van der Waals surface area (Å²) in [5.74, 6) is 0.438. The second-order valence-corrected chi connectivity index (χ2v) is 7.22. The first-order chi connectivity index (χ1) is 15.7. The lowest BCUT2D eigenvalue weighted by atomic mass is 10.0. The van der Waals surface area contributed by atoms with E-state index in [1.807, 2.05) is 0 Å². The van der Waals surface area contributed by atoms with Crippen LogP contribution in [-0.2, 0) is 0 Å². The number of alkyl halides is 3. The first-order valence-electron chi connectivity index (χ1n) is 9.60. The molecule has 0 saturated heterocycles. The second kappa shape index (κ2) is 10.4. The van der Waals surface area contributed by atoms with Crippen LogP contribution in [0.1, 0.15) is 0 Å². The van der Waals surface area contributed by atoms with E-state index in [2.05, 4.69) is 4.99 Å². The summed E-state index contributed by atoms with van der Waals surface area (Å²) in [6.45, 7) is -0.301. The Kier molecular flexibility index (Phi) is 7.60. The third-order valence-electron chi connectivity index (χ3n) is 4.48. The minimum absolute atomic E-state index is 0.0752. The molecule has 0 radical (unpaired) electrons. The van der Waals surface area contributed by atoms with E-state index in [1.54, 1.807) is 48.5 Å². The summed E-state index contributed by atoms with van der Waals surface area (Å²) >= 11 is 6.06. The van der Waals surface area contributed by atoms with Crippen molar-refractivity contribution in [2.75, 3.05) is 13.7 Å². The molecule has 0 aliphatic heterocycles. The van der Waals surface area contributed by atoms with Gasteiger partial charge in [-0.3, -0.25) is 0 Å². The molecule has 0 heterocycles. The maximum Gasteiger partial charge on any atom is 0.430 e. The van der Waals surface area contributed by atoms with Crippen LogP contribution in [0.4, 0.5) is 23.2 Å². The molecule has 0 spiro atoms. The second-order valence-electron chi connectivity index (χ2n) is 6.81. The van der Waals surface area contributed by atoms with Crippen molar-refractivity contribution in [3.63, 3.8) is 0 Å². The molecule has 9 heteroatoms.